The van der Waals surface area contributed by atoms with E-state index in [2.05, 4.69) is 17.1 Å². The van der Waals surface area contributed by atoms with Gasteiger partial charge in [0.1, 0.15) is 0 Å². The molecule has 1 atom stereocenters. The first kappa shape index (κ1) is 15.1. The first-order valence-corrected chi connectivity index (χ1v) is 7.77. The lowest BCUT2D eigenvalue weighted by Gasteiger charge is -2.20. The van der Waals surface area contributed by atoms with Gasteiger partial charge in [0.2, 0.25) is 0 Å². The van der Waals surface area contributed by atoms with Gasteiger partial charge in [0.05, 0.1) is 0 Å². The zero-order chi connectivity index (χ0) is 13.7. The van der Waals surface area contributed by atoms with Gasteiger partial charge < -0.3 is 10.2 Å². The predicted octanol–water partition coefficient (Wildman–Crippen LogP) is 3.81. The van der Waals surface area contributed by atoms with Gasteiger partial charge in [-0.3, -0.25) is 0 Å². The first-order valence-electron chi connectivity index (χ1n) is 7.01. The Morgan fingerprint density at radius 3 is 2.42 bits per heavy atom. The van der Waals surface area contributed by atoms with Gasteiger partial charge in [-0.2, -0.15) is 0 Å². The summed E-state index contributed by atoms with van der Waals surface area (Å²) in [7, 11) is 0. The zero-order valence-electron chi connectivity index (χ0n) is 11.5. The minimum Gasteiger partial charge on any atom is -0.312 e. The molecular formula is C15H22Cl2N2. The zero-order valence-corrected chi connectivity index (χ0v) is 13.0. The second kappa shape index (κ2) is 7.49. The van der Waals surface area contributed by atoms with Gasteiger partial charge in [0, 0.05) is 23.1 Å². The number of hydrogen-bond acceptors (Lipinski definition) is 2. The molecule has 1 aromatic rings. The van der Waals surface area contributed by atoms with Crippen molar-refractivity contribution >= 4 is 23.2 Å². The van der Waals surface area contributed by atoms with Crippen LogP contribution in [-0.4, -0.2) is 31.1 Å². The van der Waals surface area contributed by atoms with Crippen LogP contribution in [0.25, 0.3) is 0 Å². The molecule has 0 amide bonds. The fourth-order valence-corrected chi connectivity index (χ4v) is 3.22. The molecule has 0 spiro atoms. The Kier molecular flexibility index (Phi) is 5.96. The van der Waals surface area contributed by atoms with Gasteiger partial charge in [0.25, 0.3) is 0 Å². The lowest BCUT2D eigenvalue weighted by atomic mass is 10.1. The average Bonchev–Trinajstić information content (AvgIpc) is 2.80. The van der Waals surface area contributed by atoms with Gasteiger partial charge >= 0.3 is 0 Å². The Bertz CT molecular complexity index is 383. The monoisotopic (exact) mass is 300 g/mol. The maximum Gasteiger partial charge on any atom is 0.0424 e. The van der Waals surface area contributed by atoms with Crippen molar-refractivity contribution in [2.24, 2.45) is 5.92 Å². The molecule has 1 saturated heterocycles. The summed E-state index contributed by atoms with van der Waals surface area (Å²) in [5.41, 5.74) is 1.14. The Hall–Kier alpha value is -0.280. The molecule has 1 aliphatic rings. The molecule has 1 unspecified atom stereocenters. The third-order valence-corrected chi connectivity index (χ3v) is 3.95. The van der Waals surface area contributed by atoms with Gasteiger partial charge in [-0.15, -0.1) is 0 Å². The Balaban J connectivity index is 1.70. The second-order valence-corrected chi connectivity index (χ2v) is 6.39. The molecule has 19 heavy (non-hydrogen) atoms. The average molecular weight is 301 g/mol. The van der Waals surface area contributed by atoms with Crippen LogP contribution in [0.2, 0.25) is 10.0 Å². The SMILES string of the molecule is CC(CNCc1cc(Cl)cc(Cl)c1)CN1CCCC1. The molecule has 0 aliphatic carbocycles. The third-order valence-electron chi connectivity index (χ3n) is 3.51. The van der Waals surface area contributed by atoms with Crippen molar-refractivity contribution in [3.63, 3.8) is 0 Å². The van der Waals surface area contributed by atoms with Crippen LogP contribution in [0.4, 0.5) is 0 Å². The van der Waals surface area contributed by atoms with Crippen molar-refractivity contribution in [3.8, 4) is 0 Å². The van der Waals surface area contributed by atoms with Crippen LogP contribution in [0.1, 0.15) is 25.3 Å². The number of nitrogens with zero attached hydrogens (tertiary/aromatic N) is 1. The number of nitrogens with one attached hydrogen (secondary N) is 1. The van der Waals surface area contributed by atoms with Crippen molar-refractivity contribution in [3.05, 3.63) is 33.8 Å². The van der Waals surface area contributed by atoms with Crippen LogP contribution in [0.5, 0.6) is 0 Å². The van der Waals surface area contributed by atoms with Crippen LogP contribution < -0.4 is 5.32 Å². The van der Waals surface area contributed by atoms with E-state index in [0.717, 1.165) is 18.7 Å². The number of likely N-dealkylation sites (tertiary alicyclic amines) is 1. The summed E-state index contributed by atoms with van der Waals surface area (Å²) in [5, 5.41) is 4.89. The van der Waals surface area contributed by atoms with Crippen LogP contribution in [0.15, 0.2) is 18.2 Å². The minimum atomic E-state index is 0.674. The summed E-state index contributed by atoms with van der Waals surface area (Å²) in [6.07, 6.45) is 2.72. The van der Waals surface area contributed by atoms with E-state index >= 15 is 0 Å². The molecule has 1 heterocycles. The minimum absolute atomic E-state index is 0.674. The molecule has 0 saturated carbocycles. The molecule has 4 heteroatoms. The topological polar surface area (TPSA) is 15.3 Å². The van der Waals surface area contributed by atoms with Gasteiger partial charge in [0.15, 0.2) is 0 Å². The predicted molar refractivity (Wildman–Crippen MR) is 83.0 cm³/mol. The van der Waals surface area contributed by atoms with Crippen LogP contribution in [0.3, 0.4) is 0 Å². The quantitative estimate of drug-likeness (QED) is 0.859. The summed E-state index contributed by atoms with van der Waals surface area (Å²) < 4.78 is 0. The Morgan fingerprint density at radius 2 is 1.79 bits per heavy atom. The van der Waals surface area contributed by atoms with Crippen molar-refractivity contribution in [2.75, 3.05) is 26.2 Å². The van der Waals surface area contributed by atoms with Crippen molar-refractivity contribution in [1.29, 1.82) is 0 Å². The number of halogens is 2. The second-order valence-electron chi connectivity index (χ2n) is 5.52. The highest BCUT2D eigenvalue weighted by molar-refractivity contribution is 6.34. The maximum absolute atomic E-state index is 5.99. The lowest BCUT2D eigenvalue weighted by molar-refractivity contribution is 0.282. The molecule has 1 fully saturated rings. The molecule has 2 rings (SSSR count). The fraction of sp³-hybridized carbons (Fsp3) is 0.600. The third kappa shape index (κ3) is 5.31. The van der Waals surface area contributed by atoms with E-state index in [1.807, 2.05) is 12.1 Å². The van der Waals surface area contributed by atoms with Crippen molar-refractivity contribution in [2.45, 2.75) is 26.3 Å². The van der Waals surface area contributed by atoms with Crippen LogP contribution >= 0.6 is 23.2 Å². The highest BCUT2D eigenvalue weighted by Crippen LogP contribution is 2.19. The van der Waals surface area contributed by atoms with E-state index in [4.69, 9.17) is 23.2 Å². The Morgan fingerprint density at radius 1 is 1.16 bits per heavy atom. The standard InChI is InChI=1S/C15H22Cl2N2/c1-12(11-19-4-2-3-5-19)9-18-10-13-6-14(16)8-15(17)7-13/h6-8,12,18H,2-5,9-11H2,1H3. The normalized spacial score (nSPS) is 17.8. The van der Waals surface area contributed by atoms with E-state index in [9.17, 15) is 0 Å². The van der Waals surface area contributed by atoms with Gasteiger partial charge in [-0.05, 0) is 62.2 Å². The summed E-state index contributed by atoms with van der Waals surface area (Å²) in [6, 6.07) is 5.69. The largest absolute Gasteiger partial charge is 0.312 e. The highest BCUT2D eigenvalue weighted by Gasteiger charge is 2.14. The van der Waals surface area contributed by atoms with E-state index in [1.54, 1.807) is 6.07 Å². The molecule has 0 bridgehead atoms. The summed E-state index contributed by atoms with van der Waals surface area (Å²) in [6.45, 7) is 7.90. The smallest absolute Gasteiger partial charge is 0.0424 e. The van der Waals surface area contributed by atoms with E-state index < -0.39 is 0 Å². The molecule has 1 aromatic carbocycles. The fourth-order valence-electron chi connectivity index (χ4n) is 2.65. The summed E-state index contributed by atoms with van der Waals surface area (Å²) >= 11 is 12.0. The molecule has 0 aromatic heterocycles. The van der Waals surface area contributed by atoms with Gasteiger partial charge in [-0.1, -0.05) is 30.1 Å². The van der Waals surface area contributed by atoms with Crippen LogP contribution in [-0.2, 0) is 6.54 Å². The first-order chi connectivity index (χ1) is 9.13. The molecule has 106 valence electrons. The summed E-state index contributed by atoms with van der Waals surface area (Å²) in [4.78, 5) is 2.56. The van der Waals surface area contributed by atoms with Crippen LogP contribution in [0, 0.1) is 5.92 Å². The number of rotatable bonds is 6. The highest BCUT2D eigenvalue weighted by atomic mass is 35.5. The van der Waals surface area contributed by atoms with E-state index in [0.29, 0.717) is 16.0 Å². The number of benzene rings is 1. The molecule has 1 aliphatic heterocycles. The van der Waals surface area contributed by atoms with E-state index in [1.165, 1.54) is 32.5 Å². The Labute approximate surface area is 126 Å². The maximum atomic E-state index is 5.99. The molecular weight excluding hydrogens is 279 g/mol. The lowest BCUT2D eigenvalue weighted by Crippen LogP contribution is -2.31. The number of hydrogen-bond donors (Lipinski definition) is 1. The summed E-state index contributed by atoms with van der Waals surface area (Å²) in [5.74, 6) is 0.674. The van der Waals surface area contributed by atoms with Crippen molar-refractivity contribution in [1.82, 2.24) is 10.2 Å². The van der Waals surface area contributed by atoms with Crippen molar-refractivity contribution < 1.29 is 0 Å². The molecule has 2 nitrogen and oxygen atoms in total. The molecule has 1 N–H and O–H groups in total. The molecule has 0 radical (unpaired) electrons. The van der Waals surface area contributed by atoms with Gasteiger partial charge in [-0.25, -0.2) is 0 Å². The van der Waals surface area contributed by atoms with E-state index in [-0.39, 0.29) is 0 Å².